The minimum atomic E-state index is -0.352. The van der Waals surface area contributed by atoms with Gasteiger partial charge in [-0.25, -0.2) is 0 Å². The van der Waals surface area contributed by atoms with Crippen molar-refractivity contribution in [2.24, 2.45) is 0 Å². The maximum absolute atomic E-state index is 5.65. The fourth-order valence-electron chi connectivity index (χ4n) is 2.53. The number of hydrogen-bond donors (Lipinski definition) is 0. The minimum Gasteiger partial charge on any atom is -0.402 e. The first kappa shape index (κ1) is 19.4. The Labute approximate surface area is 139 Å². The zero-order chi connectivity index (χ0) is 15.7. The Hall–Kier alpha value is -0.643. The van der Waals surface area contributed by atoms with Crippen molar-refractivity contribution >= 4 is 9.76 Å². The molecule has 0 heterocycles. The van der Waals surface area contributed by atoms with E-state index in [0.717, 1.165) is 13.0 Å². The van der Waals surface area contributed by atoms with Gasteiger partial charge in [0.1, 0.15) is 6.79 Å². The molecule has 0 bridgehead atoms. The van der Waals surface area contributed by atoms with E-state index in [1.807, 2.05) is 6.07 Å². The number of benzene rings is 1. The molecule has 0 atom stereocenters. The van der Waals surface area contributed by atoms with E-state index < -0.39 is 0 Å². The Kier molecular flexibility index (Phi) is 13.5. The molecule has 1 rings (SSSR count). The molecule has 0 aliphatic heterocycles. The Morgan fingerprint density at radius 3 is 2.27 bits per heavy atom. The lowest BCUT2D eigenvalue weighted by atomic mass is 10.1. The van der Waals surface area contributed by atoms with Crippen molar-refractivity contribution in [1.29, 1.82) is 0 Å². The molecule has 0 spiro atoms. The maximum atomic E-state index is 5.65. The van der Waals surface area contributed by atoms with Crippen LogP contribution in [0.25, 0.3) is 0 Å². The molecule has 1 aromatic carbocycles. The molecule has 0 N–H and O–H groups in total. The molecule has 0 saturated carbocycles. The summed E-state index contributed by atoms with van der Waals surface area (Å²) in [5.74, 6) is 0. The lowest BCUT2D eigenvalue weighted by molar-refractivity contribution is 0.0185. The van der Waals surface area contributed by atoms with Crippen LogP contribution in [0.3, 0.4) is 0 Å². The summed E-state index contributed by atoms with van der Waals surface area (Å²) in [6.07, 6.45) is 12.1. The molecule has 0 aliphatic carbocycles. The third-order valence-electron chi connectivity index (χ3n) is 3.94. The van der Waals surface area contributed by atoms with Gasteiger partial charge in [-0.3, -0.25) is 0 Å². The van der Waals surface area contributed by atoms with Gasteiger partial charge in [-0.2, -0.15) is 0 Å². The molecule has 0 saturated heterocycles. The molecular formula is C19H34O2Si. The van der Waals surface area contributed by atoms with Crippen LogP contribution in [-0.4, -0.2) is 23.2 Å². The molecule has 2 nitrogen and oxygen atoms in total. The predicted molar refractivity (Wildman–Crippen MR) is 98.0 cm³/mol. The van der Waals surface area contributed by atoms with Crippen molar-refractivity contribution in [3.8, 4) is 0 Å². The van der Waals surface area contributed by atoms with Crippen LogP contribution in [0.15, 0.2) is 30.3 Å². The maximum Gasteiger partial charge on any atom is 0.164 e. The lowest BCUT2D eigenvalue weighted by Crippen LogP contribution is -2.06. The van der Waals surface area contributed by atoms with Gasteiger partial charge in [0.2, 0.25) is 0 Å². The summed E-state index contributed by atoms with van der Waals surface area (Å²) in [6, 6.07) is 11.8. The van der Waals surface area contributed by atoms with Gasteiger partial charge < -0.3 is 9.16 Å². The molecule has 1 aromatic rings. The van der Waals surface area contributed by atoms with Crippen molar-refractivity contribution in [2.75, 3.05) is 13.4 Å². The van der Waals surface area contributed by atoms with Crippen molar-refractivity contribution < 1.29 is 9.16 Å². The van der Waals surface area contributed by atoms with Crippen LogP contribution in [-0.2, 0) is 15.6 Å². The van der Waals surface area contributed by atoms with Crippen molar-refractivity contribution in [3.05, 3.63) is 35.9 Å². The molecule has 0 amide bonds. The highest BCUT2D eigenvalue weighted by molar-refractivity contribution is 6.26. The monoisotopic (exact) mass is 322 g/mol. The smallest absolute Gasteiger partial charge is 0.164 e. The van der Waals surface area contributed by atoms with Gasteiger partial charge in [0.05, 0.1) is 6.61 Å². The molecule has 0 aromatic heterocycles. The van der Waals surface area contributed by atoms with E-state index >= 15 is 0 Å². The second kappa shape index (κ2) is 15.3. The summed E-state index contributed by atoms with van der Waals surface area (Å²) in [6.45, 7) is 3.53. The summed E-state index contributed by atoms with van der Waals surface area (Å²) in [4.78, 5) is 0. The SMILES string of the molecule is CCCCCCCCCC[SiH2]OCOCCc1ccccc1. The number of unbranched alkanes of at least 4 members (excludes halogenated alkanes) is 7. The quantitative estimate of drug-likeness (QED) is 0.261. The summed E-state index contributed by atoms with van der Waals surface area (Å²) in [5, 5.41) is 0. The predicted octanol–water partition coefficient (Wildman–Crippen LogP) is 4.86. The first-order valence-corrected chi connectivity index (χ1v) is 10.7. The molecule has 3 heteroatoms. The highest BCUT2D eigenvalue weighted by atomic mass is 28.2. The number of ether oxygens (including phenoxy) is 1. The minimum absolute atomic E-state index is 0.352. The van der Waals surface area contributed by atoms with E-state index in [4.69, 9.17) is 9.16 Å². The number of hydrogen-bond acceptors (Lipinski definition) is 2. The van der Waals surface area contributed by atoms with E-state index in [-0.39, 0.29) is 9.76 Å². The topological polar surface area (TPSA) is 18.5 Å². The van der Waals surface area contributed by atoms with Crippen LogP contribution in [0.2, 0.25) is 6.04 Å². The largest absolute Gasteiger partial charge is 0.402 e. The highest BCUT2D eigenvalue weighted by Gasteiger charge is 1.95. The molecule has 0 aliphatic rings. The van der Waals surface area contributed by atoms with Gasteiger partial charge >= 0.3 is 0 Å². The summed E-state index contributed by atoms with van der Waals surface area (Å²) >= 11 is 0. The second-order valence-electron chi connectivity index (χ2n) is 6.00. The first-order valence-electron chi connectivity index (χ1n) is 9.13. The zero-order valence-corrected chi connectivity index (χ0v) is 15.8. The van der Waals surface area contributed by atoms with Gasteiger partial charge in [0, 0.05) is 0 Å². The zero-order valence-electron chi connectivity index (χ0n) is 14.4. The molecular weight excluding hydrogens is 288 g/mol. The van der Waals surface area contributed by atoms with E-state index in [9.17, 15) is 0 Å². The van der Waals surface area contributed by atoms with E-state index in [1.54, 1.807) is 0 Å². The van der Waals surface area contributed by atoms with E-state index in [0.29, 0.717) is 6.79 Å². The van der Waals surface area contributed by atoms with Crippen LogP contribution in [0.4, 0.5) is 0 Å². The average molecular weight is 323 g/mol. The van der Waals surface area contributed by atoms with Gasteiger partial charge in [0.25, 0.3) is 0 Å². The van der Waals surface area contributed by atoms with Crippen molar-refractivity contribution in [1.82, 2.24) is 0 Å². The molecule has 0 fully saturated rings. The Bertz CT molecular complexity index is 329. The van der Waals surface area contributed by atoms with Gasteiger partial charge in [0.15, 0.2) is 9.76 Å². The third-order valence-corrected chi connectivity index (χ3v) is 5.18. The van der Waals surface area contributed by atoms with Crippen LogP contribution >= 0.6 is 0 Å². The molecule has 126 valence electrons. The first-order chi connectivity index (χ1) is 10.9. The highest BCUT2D eigenvalue weighted by Crippen LogP contribution is 2.09. The van der Waals surface area contributed by atoms with Crippen molar-refractivity contribution in [3.63, 3.8) is 0 Å². The number of rotatable bonds is 15. The average Bonchev–Trinajstić information content (AvgIpc) is 2.56. The molecule has 0 unspecified atom stereocenters. The standard InChI is InChI=1S/C19H34O2Si/c1-2-3-4-5-6-7-8-12-17-22-21-18-20-16-15-19-13-10-9-11-14-19/h9-11,13-14H,2-8,12,15-18,22H2,1H3. The van der Waals surface area contributed by atoms with Crippen LogP contribution in [0, 0.1) is 0 Å². The van der Waals surface area contributed by atoms with Crippen LogP contribution < -0.4 is 0 Å². The van der Waals surface area contributed by atoms with E-state index in [1.165, 1.54) is 63.0 Å². The lowest BCUT2D eigenvalue weighted by Gasteiger charge is -2.06. The second-order valence-corrected chi connectivity index (χ2v) is 7.52. The van der Waals surface area contributed by atoms with E-state index in [2.05, 4.69) is 31.2 Å². The Morgan fingerprint density at radius 1 is 0.864 bits per heavy atom. The van der Waals surface area contributed by atoms with Crippen molar-refractivity contribution in [2.45, 2.75) is 70.8 Å². The fourth-order valence-corrected chi connectivity index (χ4v) is 3.52. The molecule has 22 heavy (non-hydrogen) atoms. The summed E-state index contributed by atoms with van der Waals surface area (Å²) < 4.78 is 11.2. The summed E-state index contributed by atoms with van der Waals surface area (Å²) in [5.41, 5.74) is 1.33. The van der Waals surface area contributed by atoms with Crippen LogP contribution in [0.5, 0.6) is 0 Å². The summed E-state index contributed by atoms with van der Waals surface area (Å²) in [7, 11) is -0.352. The van der Waals surface area contributed by atoms with Gasteiger partial charge in [-0.1, -0.05) is 88.6 Å². The molecule has 0 radical (unpaired) electrons. The normalized spacial score (nSPS) is 11.5. The van der Waals surface area contributed by atoms with Crippen LogP contribution in [0.1, 0.15) is 63.9 Å². The van der Waals surface area contributed by atoms with Gasteiger partial charge in [-0.05, 0) is 18.0 Å². The van der Waals surface area contributed by atoms with Gasteiger partial charge in [-0.15, -0.1) is 0 Å². The fraction of sp³-hybridized carbons (Fsp3) is 0.684. The third kappa shape index (κ3) is 12.0. The Morgan fingerprint density at radius 2 is 1.55 bits per heavy atom. The Balaban J connectivity index is 1.73.